The van der Waals surface area contributed by atoms with Crippen LogP contribution in [0.5, 0.6) is 0 Å². The zero-order valence-corrected chi connectivity index (χ0v) is 41.6. The zero-order valence-electron chi connectivity index (χ0n) is 41.6. The van der Waals surface area contributed by atoms with Gasteiger partial charge < -0.3 is 45.7 Å². The number of nitrogens with zero attached hydrogens (tertiary/aromatic N) is 2. The summed E-state index contributed by atoms with van der Waals surface area (Å²) in [4.78, 5) is 129. The van der Waals surface area contributed by atoms with Crippen LogP contribution < -0.4 is 32.1 Å². The summed E-state index contributed by atoms with van der Waals surface area (Å²) in [7, 11) is 0. The molecular weight excluding hydrogens is 974 g/mol. The Morgan fingerprint density at radius 3 is 2.36 bits per heavy atom. The van der Waals surface area contributed by atoms with Gasteiger partial charge in [0.05, 0.1) is 56.1 Å². The Bertz CT molecular complexity index is 3080. The van der Waals surface area contributed by atoms with Gasteiger partial charge in [-0.3, -0.25) is 48.1 Å². The lowest BCUT2D eigenvalue weighted by Crippen LogP contribution is -2.50. The van der Waals surface area contributed by atoms with Crippen molar-refractivity contribution >= 4 is 63.8 Å². The highest BCUT2D eigenvalue weighted by molar-refractivity contribution is 6.40. The maximum absolute atomic E-state index is 15.4. The smallest absolute Gasteiger partial charge is 0.343 e. The number of esters is 1. The number of Topliss-reactive ketones (excluding diaryl/α,β-unsaturated/α-hetero) is 2. The number of aromatic nitrogens is 1. The van der Waals surface area contributed by atoms with Crippen LogP contribution in [-0.2, 0) is 84.2 Å². The van der Waals surface area contributed by atoms with Gasteiger partial charge in [-0.2, -0.15) is 0 Å². The van der Waals surface area contributed by atoms with Crippen molar-refractivity contribution in [3.8, 4) is 11.3 Å². The van der Waals surface area contributed by atoms with Crippen molar-refractivity contribution in [2.75, 3.05) is 45.9 Å². The fourth-order valence-corrected chi connectivity index (χ4v) is 10.1. The molecule has 0 bridgehead atoms. The molecule has 0 radical (unpaired) electrons. The van der Waals surface area contributed by atoms with Gasteiger partial charge in [0.25, 0.3) is 17.4 Å². The highest BCUT2D eigenvalue weighted by Crippen LogP contribution is 2.47. The summed E-state index contributed by atoms with van der Waals surface area (Å²) in [5.74, 6) is -5.97. The Balaban J connectivity index is 0.804. The molecule has 0 saturated carbocycles. The number of carbonyl (C=O) groups is 9. The summed E-state index contributed by atoms with van der Waals surface area (Å²) in [6.07, 6.45) is 4.91. The molecule has 1 aliphatic carbocycles. The average molecular weight is 1030 g/mol. The average Bonchev–Trinajstić information content (AvgIpc) is 3.93. The number of fused-ring (bicyclic) bond motifs is 5. The summed E-state index contributed by atoms with van der Waals surface area (Å²) in [6, 6.07) is 11.8. The van der Waals surface area contributed by atoms with Gasteiger partial charge in [-0.15, -0.1) is 0 Å². The van der Waals surface area contributed by atoms with Crippen LogP contribution in [0, 0.1) is 12.7 Å². The number of imide groups is 1. The number of ether oxygens (including phenoxy) is 2. The fraction of sp³-hybridized carbons (Fsp3) is 0.407. The van der Waals surface area contributed by atoms with E-state index in [2.05, 4.69) is 26.6 Å². The van der Waals surface area contributed by atoms with Crippen molar-refractivity contribution in [3.63, 3.8) is 0 Å². The van der Waals surface area contributed by atoms with Crippen molar-refractivity contribution in [1.82, 2.24) is 36.1 Å². The van der Waals surface area contributed by atoms with E-state index in [1.165, 1.54) is 18.2 Å². The number of aliphatic hydroxyl groups is 1. The molecule has 4 aliphatic rings. The number of amides is 6. The molecule has 0 unspecified atom stereocenters. The predicted molar refractivity (Wildman–Crippen MR) is 267 cm³/mol. The number of carbonyl (C=O) groups excluding carboxylic acids is 9. The Morgan fingerprint density at radius 1 is 0.880 bits per heavy atom. The molecular formula is C54H58FN7O13. The van der Waals surface area contributed by atoms with Crippen molar-refractivity contribution in [3.05, 3.63) is 116 Å². The molecule has 3 aromatic carbocycles. The van der Waals surface area contributed by atoms with Crippen LogP contribution in [-0.4, -0.2) is 120 Å². The molecule has 3 aliphatic heterocycles. The molecule has 394 valence electrons. The maximum atomic E-state index is 15.4. The molecule has 3 atom stereocenters. The summed E-state index contributed by atoms with van der Waals surface area (Å²) in [5.41, 5.74) is 2.43. The number of cyclic esters (lactones) is 1. The Morgan fingerprint density at radius 2 is 1.61 bits per heavy atom. The van der Waals surface area contributed by atoms with Crippen LogP contribution in [0.15, 0.2) is 65.5 Å². The largest absolute Gasteiger partial charge is 0.458 e. The third-order valence-corrected chi connectivity index (χ3v) is 14.1. The Kier molecular flexibility index (Phi) is 16.6. The topological polar surface area (TPSA) is 278 Å². The number of hydrogen-bond acceptors (Lipinski definition) is 14. The number of ketones is 2. The molecule has 4 heterocycles. The SMILES string of the molecule is CC[C@@]1(O)C(=O)OCc2c1cc1n(c2=O)Cc2c-1cc1cc(F)c(C)c3c1c2[C@@H](NC(=O)COCCNCC(=O)C(=O)[C@H](Cc1ccccc1)NC(=O)CNC(=O)CNC(=O)CCCCCN1C(=O)C=CC1=O)CC3. The Labute approximate surface area is 429 Å². The highest BCUT2D eigenvalue weighted by atomic mass is 19.1. The van der Waals surface area contributed by atoms with Gasteiger partial charge in [-0.1, -0.05) is 43.7 Å². The molecule has 8 rings (SSSR count). The standard InChI is InChI=1S/C54H58FN7O13/c1-3-54(73)37-23-41-34-21-32-22-38(55)30(2)33-13-14-39(50(49(32)33)35(34)27-62(41)52(71)36(37)28-75-53(54)72)59-46(67)29-74-19-17-56-24-42(63)51(70)40(20-31-10-6-4-7-11-31)60-45(66)26-58-44(65)25-57-43(64)12-8-5-9-18-61-47(68)15-16-48(61)69/h4,6-7,10-11,15-16,21-23,39-40,56,73H,3,5,8-9,12-14,17-20,24-29H2,1-2H3,(H,57,64)(H,58,65)(H,59,67)(H,60,66)/t39-,40-,54-/m0/s1. The molecule has 1 aromatic heterocycles. The number of pyridine rings is 1. The van der Waals surface area contributed by atoms with E-state index in [4.69, 9.17) is 9.47 Å². The van der Waals surface area contributed by atoms with E-state index in [-0.39, 0.29) is 81.7 Å². The zero-order chi connectivity index (χ0) is 53.6. The van der Waals surface area contributed by atoms with E-state index in [1.54, 1.807) is 54.8 Å². The van der Waals surface area contributed by atoms with E-state index in [9.17, 15) is 53.1 Å². The number of nitrogens with one attached hydrogen (secondary N) is 5. The van der Waals surface area contributed by atoms with Crippen molar-refractivity contribution in [2.45, 2.75) is 96.1 Å². The molecule has 0 saturated heterocycles. The van der Waals surface area contributed by atoms with Crippen LogP contribution in [0.25, 0.3) is 22.0 Å². The van der Waals surface area contributed by atoms with E-state index < -0.39 is 89.9 Å². The van der Waals surface area contributed by atoms with Gasteiger partial charge in [0.1, 0.15) is 19.0 Å². The monoisotopic (exact) mass is 1030 g/mol. The highest BCUT2D eigenvalue weighted by Gasteiger charge is 2.46. The number of hydrogen-bond donors (Lipinski definition) is 6. The lowest BCUT2D eigenvalue weighted by molar-refractivity contribution is -0.172. The molecule has 21 heteroatoms. The van der Waals surface area contributed by atoms with Crippen LogP contribution >= 0.6 is 0 Å². The third kappa shape index (κ3) is 11.6. The first-order valence-electron chi connectivity index (χ1n) is 25.0. The third-order valence-electron chi connectivity index (χ3n) is 14.1. The van der Waals surface area contributed by atoms with E-state index >= 15 is 4.39 Å². The number of benzene rings is 3. The molecule has 4 aromatic rings. The second kappa shape index (κ2) is 23.2. The van der Waals surface area contributed by atoms with Crippen LogP contribution in [0.2, 0.25) is 0 Å². The van der Waals surface area contributed by atoms with Crippen molar-refractivity contribution in [2.24, 2.45) is 0 Å². The van der Waals surface area contributed by atoms with Gasteiger partial charge >= 0.3 is 5.97 Å². The number of unbranched alkanes of at least 4 members (excludes halogenated alkanes) is 2. The van der Waals surface area contributed by atoms with E-state index in [0.29, 0.717) is 59.9 Å². The predicted octanol–water partition coefficient (Wildman–Crippen LogP) is 1.43. The molecule has 75 heavy (non-hydrogen) atoms. The van der Waals surface area contributed by atoms with Crippen LogP contribution in [0.3, 0.4) is 0 Å². The molecule has 0 spiro atoms. The summed E-state index contributed by atoms with van der Waals surface area (Å²) in [5, 5.41) is 26.0. The van der Waals surface area contributed by atoms with Crippen LogP contribution in [0.4, 0.5) is 4.39 Å². The first-order valence-corrected chi connectivity index (χ1v) is 25.0. The minimum atomic E-state index is -2.02. The lowest BCUT2D eigenvalue weighted by Gasteiger charge is -2.31. The second-order valence-electron chi connectivity index (χ2n) is 19.0. The summed E-state index contributed by atoms with van der Waals surface area (Å²) < 4.78 is 27.8. The number of rotatable bonds is 24. The molecule has 0 fully saturated rings. The number of halogens is 1. The van der Waals surface area contributed by atoms with Gasteiger partial charge in [0, 0.05) is 49.2 Å². The van der Waals surface area contributed by atoms with Gasteiger partial charge in [0.2, 0.25) is 35.2 Å². The van der Waals surface area contributed by atoms with Gasteiger partial charge in [-0.25, -0.2) is 9.18 Å². The minimum Gasteiger partial charge on any atom is -0.458 e. The van der Waals surface area contributed by atoms with Crippen molar-refractivity contribution < 1.29 is 62.1 Å². The quantitative estimate of drug-likeness (QED) is 0.0221. The minimum absolute atomic E-state index is 0.0183. The maximum Gasteiger partial charge on any atom is 0.343 e. The summed E-state index contributed by atoms with van der Waals surface area (Å²) in [6.45, 7) is 1.74. The first kappa shape index (κ1) is 53.5. The van der Waals surface area contributed by atoms with Crippen LogP contribution in [0.1, 0.15) is 90.4 Å². The van der Waals surface area contributed by atoms with E-state index in [0.717, 1.165) is 27.0 Å². The Hall–Kier alpha value is -7.75. The first-order chi connectivity index (χ1) is 36.0. The van der Waals surface area contributed by atoms with Crippen molar-refractivity contribution in [1.29, 1.82) is 0 Å². The van der Waals surface area contributed by atoms with E-state index in [1.807, 2.05) is 6.07 Å². The molecule has 20 nitrogen and oxygen atoms in total. The normalized spacial score (nSPS) is 17.5. The molecule has 6 amide bonds. The number of aryl methyl sites for hydroxylation is 1. The van der Waals surface area contributed by atoms with Gasteiger partial charge in [-0.05, 0) is 95.8 Å². The van der Waals surface area contributed by atoms with Gasteiger partial charge in [0.15, 0.2) is 5.60 Å². The summed E-state index contributed by atoms with van der Waals surface area (Å²) >= 11 is 0. The lowest BCUT2D eigenvalue weighted by atomic mass is 9.79. The molecule has 6 N–H and O–H groups in total. The fourth-order valence-electron chi connectivity index (χ4n) is 10.1. The second-order valence-corrected chi connectivity index (χ2v) is 19.0.